The normalized spacial score (nSPS) is 13.7. The minimum Gasteiger partial charge on any atom is -0.368 e. The van der Waals surface area contributed by atoms with Gasteiger partial charge in [0.05, 0.1) is 10.8 Å². The van der Waals surface area contributed by atoms with Gasteiger partial charge in [0.2, 0.25) is 17.7 Å². The molecule has 9 heteroatoms. The second kappa shape index (κ2) is 11.2. The maximum atomic E-state index is 13.4. The van der Waals surface area contributed by atoms with E-state index in [9.17, 15) is 23.0 Å². The largest absolute Gasteiger partial charge is 0.368 e. The molecule has 0 aliphatic carbocycles. The van der Waals surface area contributed by atoms with Crippen molar-refractivity contribution in [2.75, 3.05) is 5.75 Å². The molecule has 2 rings (SSSR count). The molecule has 160 valence electrons. The summed E-state index contributed by atoms with van der Waals surface area (Å²) in [5, 5.41) is 5.00. The number of hydrogen-bond donors (Lipinski definition) is 3. The van der Waals surface area contributed by atoms with Crippen LogP contribution in [-0.4, -0.2) is 39.8 Å². The van der Waals surface area contributed by atoms with E-state index >= 15 is 0 Å². The second-order valence-electron chi connectivity index (χ2n) is 6.70. The van der Waals surface area contributed by atoms with Crippen LogP contribution in [0.3, 0.4) is 0 Å². The Labute approximate surface area is 176 Å². The molecule has 0 radical (unpaired) electrons. The number of hydrogen-bond acceptors (Lipinski definition) is 4. The first kappa shape index (κ1) is 23.2. The molecule has 3 amide bonds. The van der Waals surface area contributed by atoms with E-state index < -0.39 is 46.4 Å². The van der Waals surface area contributed by atoms with Crippen LogP contribution in [-0.2, 0) is 31.6 Å². The van der Waals surface area contributed by atoms with Crippen molar-refractivity contribution < 1.29 is 23.0 Å². The van der Waals surface area contributed by atoms with Gasteiger partial charge in [-0.2, -0.15) is 0 Å². The molecule has 3 atom stereocenters. The lowest BCUT2D eigenvalue weighted by Gasteiger charge is -2.21. The maximum Gasteiger partial charge on any atom is 0.243 e. The Morgan fingerprint density at radius 2 is 1.73 bits per heavy atom. The molecular weight excluding hydrogens is 409 g/mol. The summed E-state index contributed by atoms with van der Waals surface area (Å²) < 4.78 is 25.8. The van der Waals surface area contributed by atoms with E-state index in [2.05, 4.69) is 10.6 Å². The van der Waals surface area contributed by atoms with Crippen LogP contribution in [0.2, 0.25) is 0 Å². The summed E-state index contributed by atoms with van der Waals surface area (Å²) in [6.45, 7) is 1.25. The Morgan fingerprint density at radius 1 is 1.03 bits per heavy atom. The summed E-state index contributed by atoms with van der Waals surface area (Å²) in [7, 11) is -1.36. The van der Waals surface area contributed by atoms with Crippen LogP contribution in [0.15, 0.2) is 59.5 Å². The number of benzene rings is 2. The molecule has 30 heavy (non-hydrogen) atoms. The van der Waals surface area contributed by atoms with E-state index in [4.69, 9.17) is 5.73 Å². The van der Waals surface area contributed by atoms with Gasteiger partial charge in [-0.25, -0.2) is 4.39 Å². The van der Waals surface area contributed by atoms with Crippen LogP contribution in [0, 0.1) is 5.82 Å². The standard InChI is InChI=1S/C21H24FN3O4S/c1-14(26)24-19(13-15-6-5-7-16(22)12-15)21(28)25-18(20(23)27)10-11-30(29)17-8-3-2-4-9-17/h2-9,12,18-19H,10-11,13H2,1H3,(H2,23,27)(H,24,26)(H,25,28)/t18-,19+,30-/m1/s1. The van der Waals surface area contributed by atoms with Crippen molar-refractivity contribution in [3.63, 3.8) is 0 Å². The SMILES string of the molecule is CC(=O)N[C@@H](Cc1cccc(F)c1)C(=O)N[C@H](CC[S@@](=O)c1ccccc1)C(N)=O. The highest BCUT2D eigenvalue weighted by atomic mass is 32.2. The van der Waals surface area contributed by atoms with Crippen LogP contribution in [0.1, 0.15) is 18.9 Å². The first-order chi connectivity index (χ1) is 14.3. The van der Waals surface area contributed by atoms with Gasteiger partial charge in [0.15, 0.2) is 0 Å². The molecule has 2 aromatic rings. The van der Waals surface area contributed by atoms with E-state index in [1.54, 1.807) is 36.4 Å². The van der Waals surface area contributed by atoms with Gasteiger partial charge in [-0.15, -0.1) is 0 Å². The van der Waals surface area contributed by atoms with Crippen molar-refractivity contribution in [1.29, 1.82) is 0 Å². The van der Waals surface area contributed by atoms with Crippen molar-refractivity contribution in [2.24, 2.45) is 5.73 Å². The molecular formula is C21H24FN3O4S. The first-order valence-corrected chi connectivity index (χ1v) is 10.6. The Balaban J connectivity index is 2.04. The van der Waals surface area contributed by atoms with Gasteiger partial charge in [0, 0.05) is 24.0 Å². The zero-order valence-corrected chi connectivity index (χ0v) is 17.3. The lowest BCUT2D eigenvalue weighted by molar-refractivity contribution is -0.130. The summed E-state index contributed by atoms with van der Waals surface area (Å²) >= 11 is 0. The molecule has 0 saturated carbocycles. The molecule has 0 aromatic heterocycles. The monoisotopic (exact) mass is 433 g/mol. The number of halogens is 1. The van der Waals surface area contributed by atoms with Crippen LogP contribution < -0.4 is 16.4 Å². The fourth-order valence-electron chi connectivity index (χ4n) is 2.83. The van der Waals surface area contributed by atoms with Crippen molar-refractivity contribution in [2.45, 2.75) is 36.7 Å². The molecule has 2 aromatic carbocycles. The average Bonchev–Trinajstić information content (AvgIpc) is 2.70. The van der Waals surface area contributed by atoms with Gasteiger partial charge < -0.3 is 16.4 Å². The topological polar surface area (TPSA) is 118 Å². The van der Waals surface area contributed by atoms with Crippen molar-refractivity contribution in [1.82, 2.24) is 10.6 Å². The molecule has 4 N–H and O–H groups in total. The number of nitrogens with one attached hydrogen (secondary N) is 2. The minimum atomic E-state index is -1.36. The lowest BCUT2D eigenvalue weighted by Crippen LogP contribution is -2.53. The quantitative estimate of drug-likeness (QED) is 0.519. The van der Waals surface area contributed by atoms with Gasteiger partial charge >= 0.3 is 0 Å². The van der Waals surface area contributed by atoms with Gasteiger partial charge in [0.1, 0.15) is 17.9 Å². The number of amides is 3. The van der Waals surface area contributed by atoms with Gasteiger partial charge in [-0.05, 0) is 36.2 Å². The Hall–Kier alpha value is -3.07. The van der Waals surface area contributed by atoms with E-state index in [1.807, 2.05) is 0 Å². The lowest BCUT2D eigenvalue weighted by atomic mass is 10.0. The van der Waals surface area contributed by atoms with E-state index in [-0.39, 0.29) is 18.6 Å². The molecule has 0 spiro atoms. The van der Waals surface area contributed by atoms with Gasteiger partial charge in [0.25, 0.3) is 0 Å². The third-order valence-corrected chi connectivity index (χ3v) is 5.69. The number of carbonyl (C=O) groups is 3. The summed E-state index contributed by atoms with van der Waals surface area (Å²) in [5.41, 5.74) is 5.90. The summed E-state index contributed by atoms with van der Waals surface area (Å²) in [6.07, 6.45) is 0.0972. The van der Waals surface area contributed by atoms with Gasteiger partial charge in [-0.3, -0.25) is 18.6 Å². The van der Waals surface area contributed by atoms with Crippen LogP contribution in [0.25, 0.3) is 0 Å². The molecule has 0 heterocycles. The first-order valence-electron chi connectivity index (χ1n) is 9.31. The van der Waals surface area contributed by atoms with E-state index in [0.717, 1.165) is 0 Å². The molecule has 0 unspecified atom stereocenters. The van der Waals surface area contributed by atoms with Crippen molar-refractivity contribution in [3.05, 3.63) is 66.0 Å². The van der Waals surface area contributed by atoms with Crippen LogP contribution in [0.4, 0.5) is 4.39 Å². The molecule has 0 aliphatic heterocycles. The van der Waals surface area contributed by atoms with Crippen molar-refractivity contribution in [3.8, 4) is 0 Å². The predicted octanol–water partition coefficient (Wildman–Crippen LogP) is 1.04. The fraction of sp³-hybridized carbons (Fsp3) is 0.286. The zero-order chi connectivity index (χ0) is 22.1. The highest BCUT2D eigenvalue weighted by Gasteiger charge is 2.26. The smallest absolute Gasteiger partial charge is 0.243 e. The third-order valence-electron chi connectivity index (χ3n) is 4.28. The zero-order valence-electron chi connectivity index (χ0n) is 16.5. The molecule has 0 bridgehead atoms. The predicted molar refractivity (Wildman–Crippen MR) is 111 cm³/mol. The third kappa shape index (κ3) is 7.40. The Kier molecular flexibility index (Phi) is 8.67. The van der Waals surface area contributed by atoms with E-state index in [1.165, 1.54) is 25.1 Å². The summed E-state index contributed by atoms with van der Waals surface area (Å²) in [6, 6.07) is 12.3. The fourth-order valence-corrected chi connectivity index (χ4v) is 3.97. The van der Waals surface area contributed by atoms with Crippen LogP contribution in [0.5, 0.6) is 0 Å². The molecule has 7 nitrogen and oxygen atoms in total. The Bertz CT molecular complexity index is 923. The molecule has 0 saturated heterocycles. The minimum absolute atomic E-state index is 0.0323. The highest BCUT2D eigenvalue weighted by molar-refractivity contribution is 7.85. The van der Waals surface area contributed by atoms with Crippen LogP contribution >= 0.6 is 0 Å². The number of carbonyl (C=O) groups excluding carboxylic acids is 3. The molecule has 0 fully saturated rings. The molecule has 0 aliphatic rings. The average molecular weight is 434 g/mol. The highest BCUT2D eigenvalue weighted by Crippen LogP contribution is 2.10. The maximum absolute atomic E-state index is 13.4. The number of primary amides is 1. The summed E-state index contributed by atoms with van der Waals surface area (Å²) in [4.78, 5) is 36.6. The van der Waals surface area contributed by atoms with Gasteiger partial charge in [-0.1, -0.05) is 30.3 Å². The number of nitrogens with two attached hydrogens (primary N) is 1. The summed E-state index contributed by atoms with van der Waals surface area (Å²) in [5.74, 6) is -2.21. The van der Waals surface area contributed by atoms with Crippen molar-refractivity contribution >= 4 is 28.5 Å². The van der Waals surface area contributed by atoms with E-state index in [0.29, 0.717) is 10.5 Å². The number of rotatable bonds is 10. The Morgan fingerprint density at radius 3 is 2.33 bits per heavy atom. The second-order valence-corrected chi connectivity index (χ2v) is 8.27.